The van der Waals surface area contributed by atoms with Gasteiger partial charge in [0, 0.05) is 25.1 Å². The van der Waals surface area contributed by atoms with Gasteiger partial charge in [-0.25, -0.2) is 17.2 Å². The van der Waals surface area contributed by atoms with E-state index < -0.39 is 33.5 Å². The Labute approximate surface area is 155 Å². The van der Waals surface area contributed by atoms with E-state index in [0.717, 1.165) is 12.1 Å². The highest BCUT2D eigenvalue weighted by Gasteiger charge is 2.34. The Bertz CT molecular complexity index is 947. The number of amides is 1. The van der Waals surface area contributed by atoms with E-state index in [9.17, 15) is 22.0 Å². The van der Waals surface area contributed by atoms with Crippen LogP contribution in [-0.4, -0.2) is 41.9 Å². The number of aromatic nitrogens is 2. The summed E-state index contributed by atoms with van der Waals surface area (Å²) in [4.78, 5) is 12.5. The van der Waals surface area contributed by atoms with Gasteiger partial charge in [0.25, 0.3) is 0 Å². The maximum Gasteiger partial charge on any atom is 0.246 e. The number of piperidine rings is 1. The summed E-state index contributed by atoms with van der Waals surface area (Å²) in [6.45, 7) is 3.62. The van der Waals surface area contributed by atoms with Gasteiger partial charge in [-0.1, -0.05) is 0 Å². The van der Waals surface area contributed by atoms with Crippen molar-refractivity contribution in [3.05, 3.63) is 41.2 Å². The number of H-pyrrole nitrogens is 1. The molecule has 1 aromatic carbocycles. The zero-order chi connectivity index (χ0) is 19.8. The van der Waals surface area contributed by atoms with Gasteiger partial charge in [0.05, 0.1) is 17.1 Å². The highest BCUT2D eigenvalue weighted by Crippen LogP contribution is 2.27. The molecule has 7 nitrogen and oxygen atoms in total. The Morgan fingerprint density at radius 3 is 2.48 bits per heavy atom. The maximum atomic E-state index is 13.7. The van der Waals surface area contributed by atoms with Gasteiger partial charge in [-0.15, -0.1) is 0 Å². The van der Waals surface area contributed by atoms with Crippen molar-refractivity contribution in [1.82, 2.24) is 14.5 Å². The summed E-state index contributed by atoms with van der Waals surface area (Å²) in [5.74, 6) is -2.44. The van der Waals surface area contributed by atoms with Crippen molar-refractivity contribution in [1.29, 1.82) is 0 Å². The summed E-state index contributed by atoms with van der Waals surface area (Å²) in [6, 6.07) is 2.91. The van der Waals surface area contributed by atoms with Crippen LogP contribution in [0.1, 0.15) is 24.2 Å². The van der Waals surface area contributed by atoms with Gasteiger partial charge in [-0.3, -0.25) is 9.89 Å². The molecule has 1 saturated heterocycles. The van der Waals surface area contributed by atoms with Crippen LogP contribution in [0.4, 0.5) is 14.5 Å². The fraction of sp³-hybridized carbons (Fsp3) is 0.412. The van der Waals surface area contributed by atoms with Crippen LogP contribution in [0.25, 0.3) is 0 Å². The minimum Gasteiger partial charge on any atom is -0.323 e. The van der Waals surface area contributed by atoms with Gasteiger partial charge in [0.15, 0.2) is 0 Å². The maximum absolute atomic E-state index is 13.7. The molecule has 0 radical (unpaired) electrons. The van der Waals surface area contributed by atoms with Crippen LogP contribution < -0.4 is 5.32 Å². The molecule has 0 unspecified atom stereocenters. The number of aryl methyl sites for hydroxylation is 2. The van der Waals surface area contributed by atoms with Crippen molar-refractivity contribution < 1.29 is 22.0 Å². The molecule has 1 amide bonds. The molecule has 0 aliphatic carbocycles. The summed E-state index contributed by atoms with van der Waals surface area (Å²) < 4.78 is 53.6. The van der Waals surface area contributed by atoms with Gasteiger partial charge in [-0.05, 0) is 38.8 Å². The lowest BCUT2D eigenvalue weighted by molar-refractivity contribution is -0.120. The summed E-state index contributed by atoms with van der Waals surface area (Å²) in [5.41, 5.74) is 0.777. The van der Waals surface area contributed by atoms with E-state index in [1.54, 1.807) is 13.8 Å². The van der Waals surface area contributed by atoms with E-state index in [0.29, 0.717) is 30.3 Å². The lowest BCUT2D eigenvalue weighted by Crippen LogP contribution is -2.41. The number of nitrogens with zero attached hydrogens (tertiary/aromatic N) is 2. The second kappa shape index (κ2) is 7.35. The van der Waals surface area contributed by atoms with Crippen LogP contribution in [0.5, 0.6) is 0 Å². The molecule has 1 aliphatic rings. The predicted octanol–water partition coefficient (Wildman–Crippen LogP) is 2.34. The van der Waals surface area contributed by atoms with Crippen molar-refractivity contribution in [2.24, 2.45) is 5.92 Å². The summed E-state index contributed by atoms with van der Waals surface area (Å²) in [5, 5.41) is 9.03. The monoisotopic (exact) mass is 398 g/mol. The third kappa shape index (κ3) is 3.86. The smallest absolute Gasteiger partial charge is 0.246 e. The Morgan fingerprint density at radius 1 is 1.26 bits per heavy atom. The number of hydrogen-bond acceptors (Lipinski definition) is 4. The number of halogens is 2. The summed E-state index contributed by atoms with van der Waals surface area (Å²) >= 11 is 0. The van der Waals surface area contributed by atoms with Gasteiger partial charge in [0.1, 0.15) is 16.5 Å². The molecule has 1 fully saturated rings. The van der Waals surface area contributed by atoms with Gasteiger partial charge in [-0.2, -0.15) is 9.40 Å². The van der Waals surface area contributed by atoms with Crippen LogP contribution in [0.15, 0.2) is 23.1 Å². The predicted molar refractivity (Wildman–Crippen MR) is 94.5 cm³/mol. The average molecular weight is 398 g/mol. The number of aromatic amines is 1. The van der Waals surface area contributed by atoms with Crippen molar-refractivity contribution in [2.75, 3.05) is 18.4 Å². The molecule has 0 atom stereocenters. The van der Waals surface area contributed by atoms with Gasteiger partial charge in [0.2, 0.25) is 15.9 Å². The zero-order valence-electron chi connectivity index (χ0n) is 14.9. The van der Waals surface area contributed by atoms with E-state index in [-0.39, 0.29) is 23.7 Å². The minimum absolute atomic E-state index is 0.0962. The number of carbonyl (C=O) groups excluding carboxylic acids is 1. The standard InChI is InChI=1S/C17H20F2N4O3S/c1-10-16(11(2)22-21-10)27(25,26)23-7-5-12(6-8-23)17(24)20-15-4-3-13(18)9-14(15)19/h3-4,9,12H,5-8H2,1-2H3,(H,20,24)(H,21,22). The van der Waals surface area contributed by atoms with E-state index in [4.69, 9.17) is 0 Å². The number of carbonyl (C=O) groups is 1. The number of sulfonamides is 1. The quantitative estimate of drug-likeness (QED) is 0.826. The normalized spacial score (nSPS) is 16.4. The van der Waals surface area contributed by atoms with Crippen LogP contribution in [-0.2, 0) is 14.8 Å². The molecule has 1 aliphatic heterocycles. The second-order valence-electron chi connectivity index (χ2n) is 6.55. The van der Waals surface area contributed by atoms with E-state index in [1.807, 2.05) is 0 Å². The average Bonchev–Trinajstić information content (AvgIpc) is 2.96. The number of benzene rings is 1. The fourth-order valence-corrected chi connectivity index (χ4v) is 5.04. The van der Waals surface area contributed by atoms with Crippen molar-refractivity contribution in [3.8, 4) is 0 Å². The van der Waals surface area contributed by atoms with E-state index in [1.165, 1.54) is 4.31 Å². The SMILES string of the molecule is Cc1n[nH]c(C)c1S(=O)(=O)N1CCC(C(=O)Nc2ccc(F)cc2F)CC1. The largest absolute Gasteiger partial charge is 0.323 e. The molecule has 10 heteroatoms. The molecular weight excluding hydrogens is 378 g/mol. The number of hydrogen-bond donors (Lipinski definition) is 2. The Morgan fingerprint density at radius 2 is 1.93 bits per heavy atom. The minimum atomic E-state index is -3.69. The Hall–Kier alpha value is -2.33. The lowest BCUT2D eigenvalue weighted by atomic mass is 9.97. The van der Waals surface area contributed by atoms with Crippen LogP contribution in [0, 0.1) is 31.4 Å². The molecule has 0 bridgehead atoms. The zero-order valence-corrected chi connectivity index (χ0v) is 15.7. The molecule has 2 heterocycles. The number of anilines is 1. The van der Waals surface area contributed by atoms with Gasteiger partial charge < -0.3 is 5.32 Å². The highest BCUT2D eigenvalue weighted by atomic mass is 32.2. The fourth-order valence-electron chi connectivity index (χ4n) is 3.23. The first-order valence-corrected chi connectivity index (χ1v) is 9.92. The molecule has 0 spiro atoms. The Kier molecular flexibility index (Phi) is 5.29. The molecule has 2 N–H and O–H groups in total. The third-order valence-corrected chi connectivity index (χ3v) is 6.83. The second-order valence-corrected chi connectivity index (χ2v) is 8.43. The topological polar surface area (TPSA) is 95.2 Å². The summed E-state index contributed by atoms with van der Waals surface area (Å²) in [7, 11) is -3.69. The molecule has 1 aromatic heterocycles. The lowest BCUT2D eigenvalue weighted by Gasteiger charge is -2.30. The van der Waals surface area contributed by atoms with Crippen LogP contribution in [0.3, 0.4) is 0 Å². The molecule has 0 saturated carbocycles. The van der Waals surface area contributed by atoms with Crippen molar-refractivity contribution >= 4 is 21.6 Å². The molecule has 2 aromatic rings. The third-order valence-electron chi connectivity index (χ3n) is 4.67. The highest BCUT2D eigenvalue weighted by molar-refractivity contribution is 7.89. The molecular formula is C17H20F2N4O3S. The van der Waals surface area contributed by atoms with E-state index in [2.05, 4.69) is 15.5 Å². The Balaban J connectivity index is 1.65. The van der Waals surface area contributed by atoms with Crippen molar-refractivity contribution in [3.63, 3.8) is 0 Å². The van der Waals surface area contributed by atoms with Crippen LogP contribution in [0.2, 0.25) is 0 Å². The first kappa shape index (κ1) is 19.4. The molecule has 3 rings (SSSR count). The first-order valence-electron chi connectivity index (χ1n) is 8.47. The van der Waals surface area contributed by atoms with Crippen molar-refractivity contribution in [2.45, 2.75) is 31.6 Å². The van der Waals surface area contributed by atoms with Gasteiger partial charge >= 0.3 is 0 Å². The molecule has 27 heavy (non-hydrogen) atoms. The first-order chi connectivity index (χ1) is 12.7. The molecule has 146 valence electrons. The van der Waals surface area contributed by atoms with E-state index >= 15 is 0 Å². The number of nitrogens with one attached hydrogen (secondary N) is 2. The number of rotatable bonds is 4. The van der Waals surface area contributed by atoms with Crippen LogP contribution >= 0.6 is 0 Å². The summed E-state index contributed by atoms with van der Waals surface area (Å²) in [6.07, 6.45) is 0.619.